The summed E-state index contributed by atoms with van der Waals surface area (Å²) in [7, 11) is 0. The summed E-state index contributed by atoms with van der Waals surface area (Å²) >= 11 is 6.07. The first-order valence-electron chi connectivity index (χ1n) is 7.97. The van der Waals surface area contributed by atoms with Crippen molar-refractivity contribution in [2.24, 2.45) is 0 Å². The Hall–Kier alpha value is -2.79. The third-order valence-corrected chi connectivity index (χ3v) is 3.82. The van der Waals surface area contributed by atoms with Crippen LogP contribution < -0.4 is 10.1 Å². The van der Waals surface area contributed by atoms with Crippen molar-refractivity contribution in [3.05, 3.63) is 71.5 Å². The van der Waals surface area contributed by atoms with E-state index in [4.69, 9.17) is 16.3 Å². The van der Waals surface area contributed by atoms with Gasteiger partial charge in [-0.2, -0.15) is 5.10 Å². The van der Waals surface area contributed by atoms with Crippen LogP contribution in [0.3, 0.4) is 0 Å². The van der Waals surface area contributed by atoms with Crippen molar-refractivity contribution >= 4 is 23.2 Å². The summed E-state index contributed by atoms with van der Waals surface area (Å²) in [6.45, 7) is 2.55. The molecule has 1 amide bonds. The van der Waals surface area contributed by atoms with Crippen molar-refractivity contribution in [2.45, 2.75) is 13.3 Å². The van der Waals surface area contributed by atoms with Crippen LogP contribution >= 0.6 is 11.6 Å². The van der Waals surface area contributed by atoms with Crippen LogP contribution in [-0.2, 0) is 11.2 Å². The van der Waals surface area contributed by atoms with E-state index < -0.39 is 0 Å². The molecule has 0 saturated carbocycles. The van der Waals surface area contributed by atoms with Crippen LogP contribution in [-0.4, -0.2) is 22.3 Å². The molecule has 5 nitrogen and oxygen atoms in total. The van der Waals surface area contributed by atoms with Crippen molar-refractivity contribution in [2.75, 3.05) is 11.9 Å². The molecule has 6 heteroatoms. The van der Waals surface area contributed by atoms with Crippen LogP contribution in [0.25, 0.3) is 5.69 Å². The number of amides is 1. The number of nitrogens with one attached hydrogen (secondary N) is 1. The fraction of sp³-hybridized carbons (Fsp3) is 0.158. The molecule has 3 rings (SSSR count). The first kappa shape index (κ1) is 17.0. The number of hydrogen-bond donors (Lipinski definition) is 1. The van der Waals surface area contributed by atoms with Gasteiger partial charge in [-0.05, 0) is 48.9 Å². The lowest BCUT2D eigenvalue weighted by molar-refractivity contribution is -0.115. The van der Waals surface area contributed by atoms with Gasteiger partial charge in [0, 0.05) is 17.4 Å². The second-order valence-corrected chi connectivity index (χ2v) is 5.85. The summed E-state index contributed by atoms with van der Waals surface area (Å²) in [4.78, 5) is 12.4. The van der Waals surface area contributed by atoms with Gasteiger partial charge in [0.2, 0.25) is 5.91 Å². The number of nitrogens with zero attached hydrogens (tertiary/aromatic N) is 2. The zero-order chi connectivity index (χ0) is 17.6. The van der Waals surface area contributed by atoms with E-state index in [1.807, 2.05) is 49.5 Å². The van der Waals surface area contributed by atoms with Crippen LogP contribution in [0.15, 0.2) is 60.9 Å². The number of carbonyl (C=O) groups is 1. The number of hydrogen-bond acceptors (Lipinski definition) is 3. The van der Waals surface area contributed by atoms with E-state index in [2.05, 4.69) is 10.4 Å². The van der Waals surface area contributed by atoms with Crippen molar-refractivity contribution in [3.8, 4) is 11.4 Å². The second-order valence-electron chi connectivity index (χ2n) is 5.41. The van der Waals surface area contributed by atoms with E-state index in [1.165, 1.54) is 0 Å². The van der Waals surface area contributed by atoms with Crippen molar-refractivity contribution in [1.29, 1.82) is 0 Å². The van der Waals surface area contributed by atoms with Crippen LogP contribution in [0.2, 0.25) is 5.02 Å². The molecule has 0 radical (unpaired) electrons. The SMILES string of the molecule is CCOc1ccc(CC(=O)Nc2cc(Cl)ccc2-n2cccn2)cc1. The maximum atomic E-state index is 12.4. The predicted octanol–water partition coefficient (Wildman–Crippen LogP) is 4.11. The maximum Gasteiger partial charge on any atom is 0.228 e. The Balaban J connectivity index is 1.73. The van der Waals surface area contributed by atoms with E-state index in [0.29, 0.717) is 17.3 Å². The van der Waals surface area contributed by atoms with Gasteiger partial charge in [0.1, 0.15) is 5.75 Å². The normalized spacial score (nSPS) is 10.5. The van der Waals surface area contributed by atoms with Gasteiger partial charge < -0.3 is 10.1 Å². The number of aromatic nitrogens is 2. The number of ether oxygens (including phenoxy) is 1. The number of benzene rings is 2. The Morgan fingerprint density at radius 3 is 2.72 bits per heavy atom. The minimum atomic E-state index is -0.125. The molecule has 0 fully saturated rings. The van der Waals surface area contributed by atoms with Gasteiger partial charge in [-0.15, -0.1) is 0 Å². The lowest BCUT2D eigenvalue weighted by Crippen LogP contribution is -2.16. The molecule has 1 N–H and O–H groups in total. The van der Waals surface area contributed by atoms with Gasteiger partial charge in [-0.3, -0.25) is 4.79 Å². The van der Waals surface area contributed by atoms with Gasteiger partial charge in [0.05, 0.1) is 24.4 Å². The lowest BCUT2D eigenvalue weighted by atomic mass is 10.1. The number of carbonyl (C=O) groups excluding carboxylic acids is 1. The zero-order valence-electron chi connectivity index (χ0n) is 13.8. The highest BCUT2D eigenvalue weighted by atomic mass is 35.5. The molecule has 25 heavy (non-hydrogen) atoms. The summed E-state index contributed by atoms with van der Waals surface area (Å²) in [6, 6.07) is 14.6. The van der Waals surface area contributed by atoms with E-state index in [-0.39, 0.29) is 12.3 Å². The maximum absolute atomic E-state index is 12.4. The molecule has 128 valence electrons. The lowest BCUT2D eigenvalue weighted by Gasteiger charge is -2.12. The molecule has 0 atom stereocenters. The minimum absolute atomic E-state index is 0.125. The summed E-state index contributed by atoms with van der Waals surface area (Å²) in [5, 5.41) is 7.66. The number of halogens is 1. The number of rotatable bonds is 6. The van der Waals surface area contributed by atoms with Crippen LogP contribution in [0.4, 0.5) is 5.69 Å². The first-order chi connectivity index (χ1) is 12.2. The summed E-state index contributed by atoms with van der Waals surface area (Å²) in [5.41, 5.74) is 2.28. The van der Waals surface area contributed by atoms with Gasteiger partial charge in [-0.25, -0.2) is 4.68 Å². The van der Waals surface area contributed by atoms with E-state index in [9.17, 15) is 4.79 Å². The predicted molar refractivity (Wildman–Crippen MR) is 98.5 cm³/mol. The fourth-order valence-corrected chi connectivity index (χ4v) is 2.64. The molecule has 0 aliphatic rings. The molecular formula is C19H18ClN3O2. The molecular weight excluding hydrogens is 338 g/mol. The molecule has 3 aromatic rings. The minimum Gasteiger partial charge on any atom is -0.494 e. The Bertz CT molecular complexity index is 846. The average molecular weight is 356 g/mol. The summed E-state index contributed by atoms with van der Waals surface area (Å²) in [5.74, 6) is 0.669. The molecule has 0 unspecified atom stereocenters. The summed E-state index contributed by atoms with van der Waals surface area (Å²) in [6.07, 6.45) is 3.75. The van der Waals surface area contributed by atoms with E-state index >= 15 is 0 Å². The Labute approximate surface area is 151 Å². The van der Waals surface area contributed by atoms with Crippen LogP contribution in [0.1, 0.15) is 12.5 Å². The molecule has 0 spiro atoms. The smallest absolute Gasteiger partial charge is 0.228 e. The molecule has 2 aromatic carbocycles. The highest BCUT2D eigenvalue weighted by Gasteiger charge is 2.10. The molecule has 0 bridgehead atoms. The highest BCUT2D eigenvalue weighted by Crippen LogP contribution is 2.24. The molecule has 0 aliphatic carbocycles. The first-order valence-corrected chi connectivity index (χ1v) is 8.34. The molecule has 0 saturated heterocycles. The number of anilines is 1. The highest BCUT2D eigenvalue weighted by molar-refractivity contribution is 6.31. The van der Waals surface area contributed by atoms with Crippen molar-refractivity contribution < 1.29 is 9.53 Å². The largest absolute Gasteiger partial charge is 0.494 e. The van der Waals surface area contributed by atoms with Crippen molar-refractivity contribution in [1.82, 2.24) is 9.78 Å². The quantitative estimate of drug-likeness (QED) is 0.724. The third-order valence-electron chi connectivity index (χ3n) is 3.58. The van der Waals surface area contributed by atoms with Gasteiger partial charge in [0.15, 0.2) is 0 Å². The third kappa shape index (κ3) is 4.39. The van der Waals surface area contributed by atoms with Gasteiger partial charge in [-0.1, -0.05) is 23.7 Å². The van der Waals surface area contributed by atoms with Crippen molar-refractivity contribution in [3.63, 3.8) is 0 Å². The van der Waals surface area contributed by atoms with Gasteiger partial charge >= 0.3 is 0 Å². The van der Waals surface area contributed by atoms with Gasteiger partial charge in [0.25, 0.3) is 0 Å². The summed E-state index contributed by atoms with van der Waals surface area (Å²) < 4.78 is 7.09. The molecule has 0 aliphatic heterocycles. The Kier molecular flexibility index (Phi) is 5.36. The standard InChI is InChI=1S/C19H18ClN3O2/c1-2-25-16-7-4-14(5-8-16)12-19(24)22-17-13-15(20)6-9-18(17)23-11-3-10-21-23/h3-11,13H,2,12H2,1H3,(H,22,24). The van der Waals surface area contributed by atoms with Crippen LogP contribution in [0.5, 0.6) is 5.75 Å². The van der Waals surface area contributed by atoms with Crippen LogP contribution in [0, 0.1) is 0 Å². The molecule has 1 heterocycles. The molecule has 1 aromatic heterocycles. The monoisotopic (exact) mass is 355 g/mol. The van der Waals surface area contributed by atoms with E-state index in [1.54, 1.807) is 23.0 Å². The second kappa shape index (κ2) is 7.85. The van der Waals surface area contributed by atoms with E-state index in [0.717, 1.165) is 17.0 Å². The fourth-order valence-electron chi connectivity index (χ4n) is 2.47. The average Bonchev–Trinajstić information content (AvgIpc) is 3.11. The Morgan fingerprint density at radius 1 is 1.24 bits per heavy atom. The topological polar surface area (TPSA) is 56.1 Å². The Morgan fingerprint density at radius 2 is 2.04 bits per heavy atom. The zero-order valence-corrected chi connectivity index (χ0v) is 14.5.